The molecule has 3 N–H and O–H groups in total. The minimum absolute atomic E-state index is 0.265. The lowest BCUT2D eigenvalue weighted by molar-refractivity contribution is 0.270. The van der Waals surface area contributed by atoms with Gasteiger partial charge in [-0.3, -0.25) is 11.3 Å². The Bertz CT molecular complexity index is 254. The topological polar surface area (TPSA) is 50.9 Å². The second-order valence-corrected chi connectivity index (χ2v) is 4.63. The van der Waals surface area contributed by atoms with E-state index in [1.54, 1.807) is 0 Å². The van der Waals surface area contributed by atoms with Gasteiger partial charge in [-0.2, -0.15) is 4.37 Å². The van der Waals surface area contributed by atoms with E-state index in [2.05, 4.69) is 15.9 Å². The lowest BCUT2D eigenvalue weighted by Crippen LogP contribution is -2.34. The third-order valence-electron chi connectivity index (χ3n) is 3.08. The monoisotopic (exact) mass is 211 g/mol. The Morgan fingerprint density at radius 3 is 2.79 bits per heavy atom. The summed E-state index contributed by atoms with van der Waals surface area (Å²) in [5.41, 5.74) is 4.03. The molecule has 1 heterocycles. The van der Waals surface area contributed by atoms with E-state index in [1.165, 1.54) is 43.6 Å². The number of hydrazine groups is 1. The summed E-state index contributed by atoms with van der Waals surface area (Å²) in [6, 6.07) is 2.34. The molecule has 0 aromatic carbocycles. The van der Waals surface area contributed by atoms with Gasteiger partial charge in [0, 0.05) is 5.38 Å². The maximum absolute atomic E-state index is 5.61. The molecule has 0 saturated heterocycles. The molecule has 0 bridgehead atoms. The van der Waals surface area contributed by atoms with Gasteiger partial charge >= 0.3 is 0 Å². The van der Waals surface area contributed by atoms with E-state index >= 15 is 0 Å². The predicted octanol–water partition coefficient (Wildman–Crippen LogP) is 2.23. The zero-order chi connectivity index (χ0) is 9.80. The third-order valence-corrected chi connectivity index (χ3v) is 3.65. The Morgan fingerprint density at radius 2 is 2.21 bits per heavy atom. The zero-order valence-corrected chi connectivity index (χ0v) is 9.09. The van der Waals surface area contributed by atoms with E-state index in [0.717, 1.165) is 5.69 Å². The van der Waals surface area contributed by atoms with Crippen LogP contribution in [0, 0.1) is 5.92 Å². The fraction of sp³-hybridized carbons (Fsp3) is 0.700. The van der Waals surface area contributed by atoms with Gasteiger partial charge in [-0.15, -0.1) is 0 Å². The average Bonchev–Trinajstić information content (AvgIpc) is 2.74. The van der Waals surface area contributed by atoms with Crippen LogP contribution in [0.25, 0.3) is 0 Å². The molecule has 14 heavy (non-hydrogen) atoms. The molecule has 0 radical (unpaired) electrons. The Labute approximate surface area is 88.8 Å². The van der Waals surface area contributed by atoms with Crippen LogP contribution >= 0.6 is 11.5 Å². The Kier molecular flexibility index (Phi) is 3.50. The highest BCUT2D eigenvalue weighted by Gasteiger charge is 2.25. The predicted molar refractivity (Wildman–Crippen MR) is 58.8 cm³/mol. The maximum Gasteiger partial charge on any atom is 0.0727 e. The van der Waals surface area contributed by atoms with Gasteiger partial charge in [-0.25, -0.2) is 0 Å². The van der Waals surface area contributed by atoms with E-state index < -0.39 is 0 Å². The lowest BCUT2D eigenvalue weighted by atomic mass is 9.83. The third kappa shape index (κ3) is 2.13. The lowest BCUT2D eigenvalue weighted by Gasteiger charge is -2.28. The van der Waals surface area contributed by atoms with Crippen molar-refractivity contribution in [1.29, 1.82) is 0 Å². The van der Waals surface area contributed by atoms with Crippen LogP contribution in [0.15, 0.2) is 11.4 Å². The van der Waals surface area contributed by atoms with Gasteiger partial charge in [0.25, 0.3) is 0 Å². The van der Waals surface area contributed by atoms with Crippen molar-refractivity contribution in [1.82, 2.24) is 9.80 Å². The van der Waals surface area contributed by atoms with Crippen molar-refractivity contribution in [3.8, 4) is 0 Å². The van der Waals surface area contributed by atoms with Crippen LogP contribution in [0.1, 0.15) is 43.8 Å². The summed E-state index contributed by atoms with van der Waals surface area (Å²) >= 11 is 1.50. The summed E-state index contributed by atoms with van der Waals surface area (Å²) in [4.78, 5) is 0. The van der Waals surface area contributed by atoms with Gasteiger partial charge < -0.3 is 0 Å². The fourth-order valence-electron chi connectivity index (χ4n) is 2.31. The van der Waals surface area contributed by atoms with Gasteiger partial charge in [0.05, 0.1) is 11.7 Å². The Balaban J connectivity index is 2.04. The number of aromatic nitrogens is 1. The molecule has 1 aromatic heterocycles. The van der Waals surface area contributed by atoms with Gasteiger partial charge in [0.15, 0.2) is 0 Å². The van der Waals surface area contributed by atoms with E-state index in [9.17, 15) is 0 Å². The first-order valence-corrected chi connectivity index (χ1v) is 6.12. The SMILES string of the molecule is NNC(c1ccsn1)C1CCCCC1. The first-order valence-electron chi connectivity index (χ1n) is 5.28. The van der Waals surface area contributed by atoms with Crippen LogP contribution in [0.5, 0.6) is 0 Å². The molecule has 0 aliphatic heterocycles. The molecule has 2 rings (SSSR count). The fourth-order valence-corrected chi connectivity index (χ4v) is 2.87. The molecule has 3 nitrogen and oxygen atoms in total. The van der Waals surface area contributed by atoms with Gasteiger partial charge in [0.1, 0.15) is 0 Å². The van der Waals surface area contributed by atoms with Crippen LogP contribution in [0.2, 0.25) is 0 Å². The number of hydrogen-bond donors (Lipinski definition) is 2. The molecule has 4 heteroatoms. The minimum atomic E-state index is 0.265. The van der Waals surface area contributed by atoms with Crippen molar-refractivity contribution in [2.45, 2.75) is 38.1 Å². The normalized spacial score (nSPS) is 20.9. The van der Waals surface area contributed by atoms with Crippen molar-refractivity contribution in [2.75, 3.05) is 0 Å². The van der Waals surface area contributed by atoms with Crippen LogP contribution < -0.4 is 11.3 Å². The van der Waals surface area contributed by atoms with E-state index in [0.29, 0.717) is 5.92 Å². The molecule has 1 aliphatic carbocycles. The first-order chi connectivity index (χ1) is 6.92. The molecule has 0 spiro atoms. The standard InChI is InChI=1S/C10H17N3S/c11-12-10(9-6-7-14-13-9)8-4-2-1-3-5-8/h6-8,10,12H,1-5,11H2. The Morgan fingerprint density at radius 1 is 1.43 bits per heavy atom. The number of rotatable bonds is 3. The van der Waals surface area contributed by atoms with Gasteiger partial charge in [-0.05, 0) is 36.4 Å². The minimum Gasteiger partial charge on any atom is -0.271 e. The molecule has 1 aromatic rings. The highest BCUT2D eigenvalue weighted by molar-refractivity contribution is 7.03. The summed E-state index contributed by atoms with van der Waals surface area (Å²) in [6.07, 6.45) is 6.63. The molecular weight excluding hydrogens is 194 g/mol. The van der Waals surface area contributed by atoms with Crippen LogP contribution in [0.3, 0.4) is 0 Å². The number of nitrogens with two attached hydrogens (primary N) is 1. The van der Waals surface area contributed by atoms with E-state index in [-0.39, 0.29) is 6.04 Å². The number of nitrogens with zero attached hydrogens (tertiary/aromatic N) is 1. The molecule has 78 valence electrons. The molecule has 1 atom stereocenters. The summed E-state index contributed by atoms with van der Waals surface area (Å²) in [7, 11) is 0. The largest absolute Gasteiger partial charge is 0.271 e. The molecule has 0 amide bonds. The molecule has 1 saturated carbocycles. The second kappa shape index (κ2) is 4.87. The smallest absolute Gasteiger partial charge is 0.0727 e. The highest BCUT2D eigenvalue weighted by Crippen LogP contribution is 2.33. The molecule has 1 fully saturated rings. The average molecular weight is 211 g/mol. The first kappa shape index (κ1) is 10.1. The Hall–Kier alpha value is -0.450. The molecule has 1 unspecified atom stereocenters. The van der Waals surface area contributed by atoms with Gasteiger partial charge in [-0.1, -0.05) is 19.3 Å². The van der Waals surface area contributed by atoms with Crippen molar-refractivity contribution in [2.24, 2.45) is 11.8 Å². The van der Waals surface area contributed by atoms with Crippen molar-refractivity contribution in [3.63, 3.8) is 0 Å². The van der Waals surface area contributed by atoms with Crippen molar-refractivity contribution in [3.05, 3.63) is 17.1 Å². The van der Waals surface area contributed by atoms with Crippen LogP contribution in [-0.4, -0.2) is 4.37 Å². The summed E-state index contributed by atoms with van der Waals surface area (Å²) in [6.45, 7) is 0. The molecular formula is C10H17N3S. The number of hydrogen-bond acceptors (Lipinski definition) is 4. The van der Waals surface area contributed by atoms with Gasteiger partial charge in [0.2, 0.25) is 0 Å². The maximum atomic E-state index is 5.61. The summed E-state index contributed by atoms with van der Waals surface area (Å²) < 4.78 is 4.36. The highest BCUT2D eigenvalue weighted by atomic mass is 32.1. The van der Waals surface area contributed by atoms with E-state index in [1.807, 2.05) is 5.38 Å². The van der Waals surface area contributed by atoms with Crippen LogP contribution in [-0.2, 0) is 0 Å². The number of nitrogens with one attached hydrogen (secondary N) is 1. The quantitative estimate of drug-likeness (QED) is 0.595. The van der Waals surface area contributed by atoms with Crippen molar-refractivity contribution < 1.29 is 0 Å². The van der Waals surface area contributed by atoms with E-state index in [4.69, 9.17) is 5.84 Å². The molecule has 1 aliphatic rings. The van der Waals surface area contributed by atoms with Crippen LogP contribution in [0.4, 0.5) is 0 Å². The second-order valence-electron chi connectivity index (χ2n) is 3.97. The summed E-state index contributed by atoms with van der Waals surface area (Å²) in [5.74, 6) is 6.29. The zero-order valence-electron chi connectivity index (χ0n) is 8.28. The summed E-state index contributed by atoms with van der Waals surface area (Å²) in [5, 5.41) is 2.02. The van der Waals surface area contributed by atoms with Crippen molar-refractivity contribution >= 4 is 11.5 Å².